The molecule has 6 nitrogen and oxygen atoms in total. The Morgan fingerprint density at radius 1 is 0.964 bits per heavy atom. The van der Waals surface area contributed by atoms with Crippen LogP contribution in [-0.4, -0.2) is 39.0 Å². The Bertz CT molecular complexity index is 998. The molecule has 0 radical (unpaired) electrons. The molecule has 1 aliphatic rings. The summed E-state index contributed by atoms with van der Waals surface area (Å²) in [7, 11) is 0. The summed E-state index contributed by atoms with van der Waals surface area (Å²) in [6, 6.07) is 15.9. The van der Waals surface area contributed by atoms with Crippen LogP contribution in [0.1, 0.15) is 26.3 Å². The van der Waals surface area contributed by atoms with Gasteiger partial charge >= 0.3 is 0 Å². The van der Waals surface area contributed by atoms with Crippen molar-refractivity contribution in [2.45, 2.75) is 31.2 Å². The summed E-state index contributed by atoms with van der Waals surface area (Å²) >= 11 is 1.65. The van der Waals surface area contributed by atoms with E-state index in [4.69, 9.17) is 14.6 Å². The van der Waals surface area contributed by atoms with Gasteiger partial charge in [0, 0.05) is 11.1 Å². The van der Waals surface area contributed by atoms with Crippen molar-refractivity contribution in [3.8, 4) is 22.9 Å². The van der Waals surface area contributed by atoms with Gasteiger partial charge in [0.05, 0.1) is 24.2 Å². The molecular weight excluding hydrogens is 372 g/mol. The lowest BCUT2D eigenvalue weighted by molar-refractivity contribution is 0.339. The lowest BCUT2D eigenvalue weighted by atomic mass is 10.1. The molecular formula is C21H22N4O2S. The Balaban J connectivity index is 1.75. The molecule has 1 aromatic heterocycles. The average molecular weight is 395 g/mol. The van der Waals surface area contributed by atoms with Crippen LogP contribution in [0, 0.1) is 0 Å². The number of thioether (sulfide) groups is 1. The topological polar surface area (TPSA) is 61.5 Å². The van der Waals surface area contributed by atoms with E-state index in [9.17, 15) is 0 Å². The predicted octanol–water partition coefficient (Wildman–Crippen LogP) is 4.49. The highest BCUT2D eigenvalue weighted by atomic mass is 32.2. The molecule has 0 N–H and O–H groups in total. The Morgan fingerprint density at radius 2 is 1.71 bits per heavy atom. The highest BCUT2D eigenvalue weighted by Crippen LogP contribution is 2.35. The van der Waals surface area contributed by atoms with Gasteiger partial charge in [-0.05, 0) is 57.2 Å². The molecule has 0 saturated heterocycles. The second-order valence-corrected chi connectivity index (χ2v) is 7.56. The zero-order chi connectivity index (χ0) is 19.5. The average Bonchev–Trinajstić information content (AvgIpc) is 3.12. The molecule has 144 valence electrons. The van der Waals surface area contributed by atoms with E-state index in [1.807, 2.05) is 67.1 Å². The highest BCUT2D eigenvalue weighted by Gasteiger charge is 2.27. The van der Waals surface area contributed by atoms with Crippen LogP contribution >= 0.6 is 11.8 Å². The van der Waals surface area contributed by atoms with E-state index in [2.05, 4.69) is 17.1 Å². The van der Waals surface area contributed by atoms with Crippen molar-refractivity contribution in [3.05, 3.63) is 54.1 Å². The zero-order valence-corrected chi connectivity index (χ0v) is 16.9. The van der Waals surface area contributed by atoms with Crippen molar-refractivity contribution < 1.29 is 9.47 Å². The van der Waals surface area contributed by atoms with Crippen molar-refractivity contribution in [1.82, 2.24) is 14.9 Å². The Labute approximate surface area is 168 Å². The van der Waals surface area contributed by atoms with Crippen LogP contribution < -0.4 is 9.47 Å². The van der Waals surface area contributed by atoms with Crippen molar-refractivity contribution in [2.24, 2.45) is 5.10 Å². The van der Waals surface area contributed by atoms with Gasteiger partial charge in [-0.3, -0.25) is 0 Å². The number of benzene rings is 2. The minimum Gasteiger partial charge on any atom is -0.494 e. The van der Waals surface area contributed by atoms with Crippen LogP contribution in [0.15, 0.2) is 58.8 Å². The molecule has 0 amide bonds. The van der Waals surface area contributed by atoms with Crippen LogP contribution in [0.4, 0.5) is 0 Å². The number of hydrogen-bond acceptors (Lipinski definition) is 6. The van der Waals surface area contributed by atoms with Crippen LogP contribution in [0.2, 0.25) is 0 Å². The molecule has 0 fully saturated rings. The van der Waals surface area contributed by atoms with Gasteiger partial charge in [-0.1, -0.05) is 23.9 Å². The third-order valence-corrected chi connectivity index (χ3v) is 5.42. The summed E-state index contributed by atoms with van der Waals surface area (Å²) in [5.41, 5.74) is 2.90. The van der Waals surface area contributed by atoms with Gasteiger partial charge in [-0.15, -0.1) is 10.2 Å². The number of rotatable bonds is 6. The molecule has 7 heteroatoms. The molecule has 3 aromatic rings. The van der Waals surface area contributed by atoms with E-state index in [0.717, 1.165) is 33.5 Å². The fraction of sp³-hybridized carbons (Fsp3) is 0.286. The predicted molar refractivity (Wildman–Crippen MR) is 111 cm³/mol. The van der Waals surface area contributed by atoms with Crippen molar-refractivity contribution >= 4 is 17.5 Å². The van der Waals surface area contributed by atoms with Crippen LogP contribution in [0.5, 0.6) is 11.5 Å². The Kier molecular flexibility index (Phi) is 5.34. The first-order valence-electron chi connectivity index (χ1n) is 9.37. The molecule has 0 bridgehead atoms. The lowest BCUT2D eigenvalue weighted by Gasteiger charge is -2.21. The SMILES string of the molecule is CCOc1ccc(-c2nnc3n2N=C(c2ccccc2OCC)[C@H](C)S3)cc1. The molecule has 1 atom stereocenters. The highest BCUT2D eigenvalue weighted by molar-refractivity contribution is 8.00. The zero-order valence-electron chi connectivity index (χ0n) is 16.1. The minimum atomic E-state index is 0.145. The summed E-state index contributed by atoms with van der Waals surface area (Å²) in [6.45, 7) is 7.33. The van der Waals surface area contributed by atoms with E-state index in [0.29, 0.717) is 19.0 Å². The number of nitrogens with zero attached hydrogens (tertiary/aromatic N) is 4. The molecule has 1 aliphatic heterocycles. The van der Waals surface area contributed by atoms with Crippen LogP contribution in [0.25, 0.3) is 11.4 Å². The Morgan fingerprint density at radius 3 is 2.46 bits per heavy atom. The number of aromatic nitrogens is 3. The first-order valence-corrected chi connectivity index (χ1v) is 10.3. The summed E-state index contributed by atoms with van der Waals surface area (Å²) in [6.07, 6.45) is 0. The van der Waals surface area contributed by atoms with Crippen molar-refractivity contribution in [3.63, 3.8) is 0 Å². The summed E-state index contributed by atoms with van der Waals surface area (Å²) in [5.74, 6) is 2.39. The van der Waals surface area contributed by atoms with Gasteiger partial charge in [0.2, 0.25) is 5.16 Å². The second-order valence-electron chi connectivity index (χ2n) is 6.25. The molecule has 2 aromatic carbocycles. The first kappa shape index (κ1) is 18.6. The van der Waals surface area contributed by atoms with Gasteiger partial charge in [-0.2, -0.15) is 9.78 Å². The summed E-state index contributed by atoms with van der Waals surface area (Å²) < 4.78 is 13.2. The summed E-state index contributed by atoms with van der Waals surface area (Å²) in [4.78, 5) is 0. The summed E-state index contributed by atoms with van der Waals surface area (Å²) in [5, 5.41) is 14.6. The van der Waals surface area contributed by atoms with E-state index in [1.165, 1.54) is 0 Å². The van der Waals surface area contributed by atoms with Gasteiger partial charge in [0.25, 0.3) is 0 Å². The largest absolute Gasteiger partial charge is 0.494 e. The van der Waals surface area contributed by atoms with Crippen LogP contribution in [-0.2, 0) is 0 Å². The lowest BCUT2D eigenvalue weighted by Crippen LogP contribution is -2.22. The number of para-hydroxylation sites is 1. The number of ether oxygens (including phenoxy) is 2. The molecule has 4 rings (SSSR count). The Hall–Kier alpha value is -2.80. The van der Waals surface area contributed by atoms with E-state index in [-0.39, 0.29) is 5.25 Å². The standard InChI is InChI=1S/C21H22N4O2S/c1-4-26-16-12-10-15(11-13-16)20-22-23-21-25(20)24-19(14(3)28-21)17-8-6-7-9-18(17)27-5-2/h6-14H,4-5H2,1-3H3/t14-/m0/s1. The second kappa shape index (κ2) is 8.06. The third kappa shape index (κ3) is 3.49. The van der Waals surface area contributed by atoms with Crippen molar-refractivity contribution in [1.29, 1.82) is 0 Å². The first-order chi connectivity index (χ1) is 13.7. The van der Waals surface area contributed by atoms with Crippen molar-refractivity contribution in [2.75, 3.05) is 13.2 Å². The van der Waals surface area contributed by atoms with Gasteiger partial charge in [0.15, 0.2) is 5.82 Å². The molecule has 0 saturated carbocycles. The maximum Gasteiger partial charge on any atom is 0.213 e. The van der Waals surface area contributed by atoms with Crippen LogP contribution in [0.3, 0.4) is 0 Å². The molecule has 28 heavy (non-hydrogen) atoms. The molecule has 0 aliphatic carbocycles. The quantitative estimate of drug-likeness (QED) is 0.616. The van der Waals surface area contributed by atoms with E-state index < -0.39 is 0 Å². The minimum absolute atomic E-state index is 0.145. The fourth-order valence-electron chi connectivity index (χ4n) is 3.11. The normalized spacial score (nSPS) is 15.7. The van der Waals surface area contributed by atoms with E-state index >= 15 is 0 Å². The number of hydrogen-bond donors (Lipinski definition) is 0. The molecule has 0 spiro atoms. The molecule has 0 unspecified atom stereocenters. The van der Waals surface area contributed by atoms with Gasteiger partial charge < -0.3 is 9.47 Å². The maximum atomic E-state index is 5.81. The third-order valence-electron chi connectivity index (χ3n) is 4.37. The number of fused-ring (bicyclic) bond motifs is 1. The van der Waals surface area contributed by atoms with Gasteiger partial charge in [0.1, 0.15) is 11.5 Å². The monoisotopic (exact) mass is 394 g/mol. The fourth-order valence-corrected chi connectivity index (χ4v) is 4.03. The van der Waals surface area contributed by atoms with Gasteiger partial charge in [-0.25, -0.2) is 0 Å². The molecule has 2 heterocycles. The smallest absolute Gasteiger partial charge is 0.213 e. The van der Waals surface area contributed by atoms with E-state index in [1.54, 1.807) is 11.8 Å². The maximum absolute atomic E-state index is 5.81.